The second-order valence-electron chi connectivity index (χ2n) is 4.22. The van der Waals surface area contributed by atoms with Crippen molar-refractivity contribution in [3.8, 4) is 0 Å². The molecule has 1 N–H and O–H groups in total. The van der Waals surface area contributed by atoms with Crippen LogP contribution in [0, 0.1) is 0 Å². The summed E-state index contributed by atoms with van der Waals surface area (Å²) in [6.07, 6.45) is 1.33. The Morgan fingerprint density at radius 1 is 1.53 bits per heavy atom. The van der Waals surface area contributed by atoms with Crippen molar-refractivity contribution in [3.05, 3.63) is 27.7 Å². The molecule has 5 heteroatoms. The molecule has 90 valence electrons. The van der Waals surface area contributed by atoms with E-state index < -0.39 is 0 Å². The molecule has 0 radical (unpaired) electrons. The number of rotatable bonds is 2. The van der Waals surface area contributed by atoms with E-state index in [1.165, 1.54) is 4.70 Å². The van der Waals surface area contributed by atoms with Crippen molar-refractivity contribution < 1.29 is 4.74 Å². The topological polar surface area (TPSA) is 34.1 Å². The molecule has 1 aliphatic heterocycles. The first-order valence-electron chi connectivity index (χ1n) is 5.58. The van der Waals surface area contributed by atoms with Gasteiger partial charge in [0.05, 0.1) is 22.4 Å². The quantitative estimate of drug-likeness (QED) is 0.925. The summed E-state index contributed by atoms with van der Waals surface area (Å²) in [4.78, 5) is 4.68. The third kappa shape index (κ3) is 2.25. The molecule has 1 saturated heterocycles. The first kappa shape index (κ1) is 11.6. The van der Waals surface area contributed by atoms with Crippen LogP contribution in [0.4, 0.5) is 0 Å². The van der Waals surface area contributed by atoms with Crippen LogP contribution in [-0.2, 0) is 4.74 Å². The van der Waals surface area contributed by atoms with E-state index in [-0.39, 0.29) is 0 Å². The van der Waals surface area contributed by atoms with Crippen molar-refractivity contribution in [3.63, 3.8) is 0 Å². The Morgan fingerprint density at radius 3 is 3.18 bits per heavy atom. The number of methoxy groups -OCH3 is 1. The van der Waals surface area contributed by atoms with Crippen molar-refractivity contribution in [1.29, 1.82) is 0 Å². The molecule has 1 aliphatic rings. The van der Waals surface area contributed by atoms with Crippen molar-refractivity contribution in [2.75, 3.05) is 13.7 Å². The zero-order valence-corrected chi connectivity index (χ0v) is 11.8. The minimum atomic E-state index is 0.318. The highest BCUT2D eigenvalue weighted by Crippen LogP contribution is 2.32. The van der Waals surface area contributed by atoms with Gasteiger partial charge in [-0.3, -0.25) is 0 Å². The van der Waals surface area contributed by atoms with Crippen LogP contribution in [0.3, 0.4) is 0 Å². The average molecular weight is 313 g/mol. The summed E-state index contributed by atoms with van der Waals surface area (Å²) >= 11 is 5.25. The second-order valence-corrected chi connectivity index (χ2v) is 6.20. The van der Waals surface area contributed by atoms with Crippen LogP contribution >= 0.6 is 27.3 Å². The number of fused-ring (bicyclic) bond motifs is 1. The van der Waals surface area contributed by atoms with Gasteiger partial charge in [-0.2, -0.15) is 0 Å². The second kappa shape index (κ2) is 4.65. The third-order valence-electron chi connectivity index (χ3n) is 3.09. The lowest BCUT2D eigenvalue weighted by Crippen LogP contribution is -2.15. The smallest absolute Gasteiger partial charge is 0.111 e. The van der Waals surface area contributed by atoms with E-state index in [1.807, 2.05) is 6.07 Å². The lowest BCUT2D eigenvalue weighted by Gasteiger charge is -2.05. The van der Waals surface area contributed by atoms with E-state index in [0.717, 1.165) is 28.0 Å². The molecule has 2 unspecified atom stereocenters. The van der Waals surface area contributed by atoms with Crippen LogP contribution in [0.5, 0.6) is 0 Å². The third-order valence-corrected chi connectivity index (χ3v) is 4.71. The van der Waals surface area contributed by atoms with Crippen LogP contribution in [-0.4, -0.2) is 24.7 Å². The Kier molecular flexibility index (Phi) is 3.17. The van der Waals surface area contributed by atoms with E-state index in [4.69, 9.17) is 4.74 Å². The van der Waals surface area contributed by atoms with Crippen LogP contribution < -0.4 is 5.32 Å². The molecule has 0 bridgehead atoms. The molecule has 17 heavy (non-hydrogen) atoms. The summed E-state index contributed by atoms with van der Waals surface area (Å²) in [5.74, 6) is 0. The molecule has 1 fully saturated rings. The van der Waals surface area contributed by atoms with Crippen molar-refractivity contribution in [1.82, 2.24) is 10.3 Å². The van der Waals surface area contributed by atoms with Gasteiger partial charge in [0, 0.05) is 18.1 Å². The minimum absolute atomic E-state index is 0.318. The first-order chi connectivity index (χ1) is 8.26. The molecular weight excluding hydrogens is 300 g/mol. The zero-order chi connectivity index (χ0) is 11.8. The fourth-order valence-corrected chi connectivity index (χ4v) is 3.74. The summed E-state index contributed by atoms with van der Waals surface area (Å²) in [6, 6.07) is 6.56. The number of aromatic nitrogens is 1. The van der Waals surface area contributed by atoms with Crippen LogP contribution in [0.25, 0.3) is 10.2 Å². The van der Waals surface area contributed by atoms with Gasteiger partial charge < -0.3 is 10.1 Å². The lowest BCUT2D eigenvalue weighted by molar-refractivity contribution is 0.117. The standard InChI is InChI=1S/C12H13BrN2OS/c1-16-8-5-10(14-6-8)12-15-9-3-2-7(13)4-11(9)17-12/h2-4,8,10,14H,5-6H2,1H3. The SMILES string of the molecule is COC1CNC(c2nc3ccc(Br)cc3s2)C1. The molecule has 2 heterocycles. The number of nitrogens with zero attached hydrogens (tertiary/aromatic N) is 1. The first-order valence-corrected chi connectivity index (χ1v) is 7.19. The molecule has 1 aromatic heterocycles. The number of benzene rings is 1. The maximum Gasteiger partial charge on any atom is 0.111 e. The number of hydrogen-bond donors (Lipinski definition) is 1. The van der Waals surface area contributed by atoms with Gasteiger partial charge >= 0.3 is 0 Å². The van der Waals surface area contributed by atoms with Gasteiger partial charge in [-0.1, -0.05) is 15.9 Å². The van der Waals surface area contributed by atoms with Gasteiger partial charge in [-0.25, -0.2) is 4.98 Å². The Morgan fingerprint density at radius 2 is 2.41 bits per heavy atom. The number of thiazole rings is 1. The average Bonchev–Trinajstić information content (AvgIpc) is 2.93. The molecule has 2 atom stereocenters. The van der Waals surface area contributed by atoms with E-state index in [9.17, 15) is 0 Å². The molecular formula is C12H13BrN2OS. The van der Waals surface area contributed by atoms with E-state index in [0.29, 0.717) is 12.1 Å². The predicted octanol–water partition coefficient (Wildman–Crippen LogP) is 3.11. The van der Waals surface area contributed by atoms with Crippen molar-refractivity contribution in [2.24, 2.45) is 0 Å². The fraction of sp³-hybridized carbons (Fsp3) is 0.417. The molecule has 0 spiro atoms. The Hall–Kier alpha value is -0.490. The van der Waals surface area contributed by atoms with Crippen molar-refractivity contribution in [2.45, 2.75) is 18.6 Å². The van der Waals surface area contributed by atoms with Crippen LogP contribution in [0.1, 0.15) is 17.5 Å². The van der Waals surface area contributed by atoms with Gasteiger partial charge in [-0.05, 0) is 24.6 Å². The van der Waals surface area contributed by atoms with E-state index in [2.05, 4.69) is 38.4 Å². The van der Waals surface area contributed by atoms with Crippen LogP contribution in [0.2, 0.25) is 0 Å². The van der Waals surface area contributed by atoms with E-state index >= 15 is 0 Å². The predicted molar refractivity (Wildman–Crippen MR) is 73.5 cm³/mol. The highest BCUT2D eigenvalue weighted by Gasteiger charge is 2.27. The Bertz CT molecular complexity index is 542. The number of ether oxygens (including phenoxy) is 1. The minimum Gasteiger partial charge on any atom is -0.380 e. The lowest BCUT2D eigenvalue weighted by atomic mass is 10.2. The summed E-state index contributed by atoms with van der Waals surface area (Å²) in [5, 5.41) is 4.63. The van der Waals surface area contributed by atoms with Gasteiger partial charge in [0.1, 0.15) is 5.01 Å². The number of hydrogen-bond acceptors (Lipinski definition) is 4. The highest BCUT2D eigenvalue weighted by molar-refractivity contribution is 9.10. The highest BCUT2D eigenvalue weighted by atomic mass is 79.9. The summed E-state index contributed by atoms with van der Waals surface area (Å²) in [6.45, 7) is 0.917. The number of nitrogens with one attached hydrogen (secondary N) is 1. The van der Waals surface area contributed by atoms with Crippen LogP contribution in [0.15, 0.2) is 22.7 Å². The van der Waals surface area contributed by atoms with Gasteiger partial charge in [0.25, 0.3) is 0 Å². The van der Waals surface area contributed by atoms with E-state index in [1.54, 1.807) is 18.4 Å². The Balaban J connectivity index is 1.91. The summed E-state index contributed by atoms with van der Waals surface area (Å²) in [5.41, 5.74) is 1.08. The maximum atomic E-state index is 5.36. The fourth-order valence-electron chi connectivity index (χ4n) is 2.14. The van der Waals surface area contributed by atoms with Gasteiger partial charge in [0.2, 0.25) is 0 Å². The normalized spacial score (nSPS) is 24.6. The summed E-state index contributed by atoms with van der Waals surface area (Å²) in [7, 11) is 1.77. The van der Waals surface area contributed by atoms with Crippen molar-refractivity contribution >= 4 is 37.5 Å². The molecule has 0 saturated carbocycles. The van der Waals surface area contributed by atoms with Gasteiger partial charge in [0.15, 0.2) is 0 Å². The molecule has 2 aromatic rings. The molecule has 0 aliphatic carbocycles. The Labute approximate surface area is 112 Å². The zero-order valence-electron chi connectivity index (χ0n) is 9.44. The molecule has 3 rings (SSSR count). The molecule has 0 amide bonds. The maximum absolute atomic E-state index is 5.36. The molecule has 1 aromatic carbocycles. The summed E-state index contributed by atoms with van der Waals surface area (Å²) < 4.78 is 7.70. The largest absolute Gasteiger partial charge is 0.380 e. The molecule has 3 nitrogen and oxygen atoms in total. The monoisotopic (exact) mass is 312 g/mol. The van der Waals surface area contributed by atoms with Gasteiger partial charge in [-0.15, -0.1) is 11.3 Å². The number of halogens is 1.